The van der Waals surface area contributed by atoms with Gasteiger partial charge in [-0.25, -0.2) is 9.78 Å². The van der Waals surface area contributed by atoms with Gasteiger partial charge >= 0.3 is 5.97 Å². The minimum Gasteiger partial charge on any atom is -0.328 e. The molecule has 0 spiro atoms. The highest BCUT2D eigenvalue weighted by Gasteiger charge is 2.11. The van der Waals surface area contributed by atoms with Crippen LogP contribution in [0.15, 0.2) is 41.8 Å². The molecule has 0 saturated carbocycles. The fourth-order valence-electron chi connectivity index (χ4n) is 1.31. The van der Waals surface area contributed by atoms with Crippen molar-refractivity contribution in [3.8, 4) is 0 Å². The molecule has 0 aliphatic carbocycles. The summed E-state index contributed by atoms with van der Waals surface area (Å²) in [5.74, 6) is -0.433. The average Bonchev–Trinajstić information content (AvgIpc) is 2.78. The first kappa shape index (κ1) is 12.3. The standard InChI is InChI=1S/C12H10ClN3O2/c1-16-7-6-14-11(16)12(17)18-15-8-9-4-2-3-5-10(9)13/h2-8H,1H3. The lowest BCUT2D eigenvalue weighted by molar-refractivity contribution is 0.0500. The van der Waals surface area contributed by atoms with Gasteiger partial charge in [0.25, 0.3) is 0 Å². The van der Waals surface area contributed by atoms with Crippen LogP contribution in [0.4, 0.5) is 0 Å². The molecular weight excluding hydrogens is 254 g/mol. The number of aryl methyl sites for hydroxylation is 1. The molecule has 1 aromatic carbocycles. The number of aromatic nitrogens is 2. The molecule has 0 saturated heterocycles. The van der Waals surface area contributed by atoms with Crippen molar-refractivity contribution in [1.29, 1.82) is 0 Å². The van der Waals surface area contributed by atoms with Gasteiger partial charge in [0.2, 0.25) is 5.82 Å². The molecule has 0 amide bonds. The average molecular weight is 264 g/mol. The zero-order chi connectivity index (χ0) is 13.0. The van der Waals surface area contributed by atoms with Crippen LogP contribution in [-0.4, -0.2) is 21.7 Å². The van der Waals surface area contributed by atoms with Gasteiger partial charge < -0.3 is 9.40 Å². The fourth-order valence-corrected chi connectivity index (χ4v) is 1.50. The Kier molecular flexibility index (Phi) is 3.74. The topological polar surface area (TPSA) is 56.5 Å². The van der Waals surface area contributed by atoms with Crippen LogP contribution in [0.2, 0.25) is 5.02 Å². The van der Waals surface area contributed by atoms with Gasteiger partial charge in [0.1, 0.15) is 0 Å². The van der Waals surface area contributed by atoms with Crippen LogP contribution < -0.4 is 0 Å². The van der Waals surface area contributed by atoms with Gasteiger partial charge in [-0.15, -0.1) is 0 Å². The van der Waals surface area contributed by atoms with Crippen LogP contribution in [0.5, 0.6) is 0 Å². The molecule has 2 rings (SSSR count). The monoisotopic (exact) mass is 263 g/mol. The molecule has 0 bridgehead atoms. The Bertz CT molecular complexity index is 593. The lowest BCUT2D eigenvalue weighted by Gasteiger charge is -1.98. The molecule has 92 valence electrons. The lowest BCUT2D eigenvalue weighted by Crippen LogP contribution is -2.08. The number of rotatable bonds is 3. The van der Waals surface area contributed by atoms with E-state index < -0.39 is 5.97 Å². The summed E-state index contributed by atoms with van der Waals surface area (Å²) in [6.07, 6.45) is 4.53. The predicted molar refractivity (Wildman–Crippen MR) is 67.7 cm³/mol. The van der Waals surface area contributed by atoms with Crippen molar-refractivity contribution in [2.24, 2.45) is 12.2 Å². The van der Waals surface area contributed by atoms with E-state index in [1.807, 2.05) is 6.07 Å². The Hall–Kier alpha value is -2.14. The molecule has 0 N–H and O–H groups in total. The molecule has 0 aliphatic rings. The number of carbonyl (C=O) groups is 1. The summed E-state index contributed by atoms with van der Waals surface area (Å²) in [6.45, 7) is 0. The van der Waals surface area contributed by atoms with E-state index in [2.05, 4.69) is 10.1 Å². The van der Waals surface area contributed by atoms with Crippen molar-refractivity contribution >= 4 is 23.8 Å². The van der Waals surface area contributed by atoms with E-state index in [0.29, 0.717) is 10.6 Å². The fraction of sp³-hybridized carbons (Fsp3) is 0.0833. The molecule has 0 aliphatic heterocycles. The highest BCUT2D eigenvalue weighted by molar-refractivity contribution is 6.33. The minimum atomic E-state index is -0.620. The van der Waals surface area contributed by atoms with Crippen LogP contribution in [0.3, 0.4) is 0 Å². The quantitative estimate of drug-likeness (QED) is 0.485. The van der Waals surface area contributed by atoms with Gasteiger partial charge in [-0.3, -0.25) is 0 Å². The first-order valence-corrected chi connectivity index (χ1v) is 5.53. The Labute approximate surface area is 109 Å². The number of halogens is 1. The Morgan fingerprint density at radius 3 is 2.94 bits per heavy atom. The summed E-state index contributed by atoms with van der Waals surface area (Å²) < 4.78 is 1.55. The summed E-state index contributed by atoms with van der Waals surface area (Å²) in [7, 11) is 1.70. The molecule has 1 aromatic heterocycles. The van der Waals surface area contributed by atoms with Crippen molar-refractivity contribution < 1.29 is 9.63 Å². The number of hydrogen-bond acceptors (Lipinski definition) is 4. The third kappa shape index (κ3) is 2.75. The van der Waals surface area contributed by atoms with Gasteiger partial charge in [-0.05, 0) is 6.07 Å². The molecule has 0 fully saturated rings. The number of oxime groups is 1. The molecule has 2 aromatic rings. The molecule has 1 heterocycles. The molecular formula is C12H10ClN3O2. The van der Waals surface area contributed by atoms with E-state index in [9.17, 15) is 4.79 Å². The van der Waals surface area contributed by atoms with E-state index in [-0.39, 0.29) is 5.82 Å². The summed E-state index contributed by atoms with van der Waals surface area (Å²) in [6, 6.07) is 7.11. The summed E-state index contributed by atoms with van der Waals surface area (Å²) in [4.78, 5) is 20.1. The van der Waals surface area contributed by atoms with Crippen LogP contribution in [0.1, 0.15) is 16.2 Å². The highest BCUT2D eigenvalue weighted by Crippen LogP contribution is 2.12. The number of imidazole rings is 1. The Balaban J connectivity index is 2.03. The Morgan fingerprint density at radius 2 is 2.28 bits per heavy atom. The second-order valence-corrected chi connectivity index (χ2v) is 3.90. The maximum absolute atomic E-state index is 11.5. The SMILES string of the molecule is Cn1ccnc1C(=O)ON=Cc1ccccc1Cl. The summed E-state index contributed by atoms with van der Waals surface area (Å²) >= 11 is 5.92. The van der Waals surface area contributed by atoms with Crippen molar-refractivity contribution in [3.05, 3.63) is 53.1 Å². The van der Waals surface area contributed by atoms with Crippen LogP contribution in [0, 0.1) is 0 Å². The van der Waals surface area contributed by atoms with Crippen molar-refractivity contribution in [2.45, 2.75) is 0 Å². The smallest absolute Gasteiger partial charge is 0.328 e. The molecule has 6 heteroatoms. The normalized spacial score (nSPS) is 10.8. The zero-order valence-electron chi connectivity index (χ0n) is 9.58. The van der Waals surface area contributed by atoms with Crippen molar-refractivity contribution in [3.63, 3.8) is 0 Å². The molecule has 18 heavy (non-hydrogen) atoms. The van der Waals surface area contributed by atoms with Gasteiger partial charge in [0.15, 0.2) is 0 Å². The maximum atomic E-state index is 11.5. The predicted octanol–water partition coefficient (Wildman–Crippen LogP) is 2.26. The van der Waals surface area contributed by atoms with Gasteiger partial charge in [-0.1, -0.05) is 35.0 Å². The first-order valence-electron chi connectivity index (χ1n) is 5.15. The van der Waals surface area contributed by atoms with Crippen LogP contribution in [0.25, 0.3) is 0 Å². The van der Waals surface area contributed by atoms with E-state index in [1.165, 1.54) is 12.4 Å². The van der Waals surface area contributed by atoms with Gasteiger partial charge in [-0.2, -0.15) is 0 Å². The molecule has 0 unspecified atom stereocenters. The van der Waals surface area contributed by atoms with Crippen LogP contribution in [-0.2, 0) is 11.9 Å². The second-order valence-electron chi connectivity index (χ2n) is 3.50. The number of hydrogen-bond donors (Lipinski definition) is 0. The second kappa shape index (κ2) is 5.46. The van der Waals surface area contributed by atoms with Crippen molar-refractivity contribution in [1.82, 2.24) is 9.55 Å². The first-order chi connectivity index (χ1) is 8.68. The summed E-state index contributed by atoms with van der Waals surface area (Å²) in [5.41, 5.74) is 0.673. The maximum Gasteiger partial charge on any atom is 0.400 e. The number of benzene rings is 1. The summed E-state index contributed by atoms with van der Waals surface area (Å²) in [5, 5.41) is 4.12. The van der Waals surface area contributed by atoms with E-state index in [0.717, 1.165) is 0 Å². The van der Waals surface area contributed by atoms with Crippen molar-refractivity contribution in [2.75, 3.05) is 0 Å². The number of nitrogens with zero attached hydrogens (tertiary/aromatic N) is 3. The van der Waals surface area contributed by atoms with E-state index >= 15 is 0 Å². The largest absolute Gasteiger partial charge is 0.400 e. The van der Waals surface area contributed by atoms with Gasteiger partial charge in [0, 0.05) is 30.0 Å². The molecule has 5 nitrogen and oxygen atoms in total. The third-order valence-corrected chi connectivity index (χ3v) is 2.58. The highest BCUT2D eigenvalue weighted by atomic mass is 35.5. The number of carbonyl (C=O) groups excluding carboxylic acids is 1. The zero-order valence-corrected chi connectivity index (χ0v) is 10.3. The molecule has 0 radical (unpaired) electrons. The third-order valence-electron chi connectivity index (χ3n) is 2.24. The Morgan fingerprint density at radius 1 is 1.50 bits per heavy atom. The minimum absolute atomic E-state index is 0.186. The molecule has 0 atom stereocenters. The van der Waals surface area contributed by atoms with Gasteiger partial charge in [0.05, 0.1) is 6.21 Å². The van der Waals surface area contributed by atoms with E-state index in [4.69, 9.17) is 16.4 Å². The van der Waals surface area contributed by atoms with E-state index in [1.54, 1.807) is 36.0 Å². The van der Waals surface area contributed by atoms with Crippen LogP contribution >= 0.6 is 11.6 Å². The lowest BCUT2D eigenvalue weighted by atomic mass is 10.2.